The van der Waals surface area contributed by atoms with Crippen molar-refractivity contribution in [2.75, 3.05) is 28.8 Å². The van der Waals surface area contributed by atoms with Gasteiger partial charge in [0.1, 0.15) is 11.6 Å². The Labute approximate surface area is 290 Å². The SMILES string of the molecule is CCCCOc1ccc(N(C(=O)Nc2ccc(Cl)cc2)N(CCc2ccc(Cl)cc2)C(=O)Nc2cccc(-c3ccnc(C)n3)c2)cc1. The number of hydrogen-bond donors (Lipinski definition) is 2. The number of aryl methyl sites for hydroxylation is 1. The molecule has 5 aromatic rings. The molecule has 0 saturated carbocycles. The van der Waals surface area contributed by atoms with Crippen molar-refractivity contribution in [1.29, 1.82) is 0 Å². The van der Waals surface area contributed by atoms with Gasteiger partial charge in [0.05, 0.1) is 18.0 Å². The van der Waals surface area contributed by atoms with Gasteiger partial charge in [-0.2, -0.15) is 5.01 Å². The molecule has 0 aliphatic heterocycles. The largest absolute Gasteiger partial charge is 0.494 e. The summed E-state index contributed by atoms with van der Waals surface area (Å²) >= 11 is 12.2. The highest BCUT2D eigenvalue weighted by molar-refractivity contribution is 6.30. The number of benzene rings is 4. The smallest absolute Gasteiger partial charge is 0.345 e. The monoisotopic (exact) mass is 682 g/mol. The summed E-state index contributed by atoms with van der Waals surface area (Å²) in [5.41, 5.74) is 3.98. The van der Waals surface area contributed by atoms with E-state index in [0.717, 1.165) is 29.7 Å². The molecule has 5 rings (SSSR count). The van der Waals surface area contributed by atoms with Crippen molar-refractivity contribution in [1.82, 2.24) is 15.0 Å². The molecule has 2 N–H and O–H groups in total. The molecule has 0 fully saturated rings. The number of aromatic nitrogens is 2. The third-order valence-electron chi connectivity index (χ3n) is 7.32. The maximum absolute atomic E-state index is 14.3. The summed E-state index contributed by atoms with van der Waals surface area (Å²) in [6.07, 6.45) is 4.07. The number of urea groups is 2. The van der Waals surface area contributed by atoms with Crippen LogP contribution in [0.3, 0.4) is 0 Å². The highest BCUT2D eigenvalue weighted by Gasteiger charge is 2.28. The van der Waals surface area contributed by atoms with E-state index in [1.807, 2.05) is 43.3 Å². The van der Waals surface area contributed by atoms with E-state index >= 15 is 0 Å². The number of carbonyl (C=O) groups is 2. The van der Waals surface area contributed by atoms with Crippen molar-refractivity contribution < 1.29 is 14.3 Å². The van der Waals surface area contributed by atoms with E-state index in [4.69, 9.17) is 27.9 Å². The third-order valence-corrected chi connectivity index (χ3v) is 7.83. The van der Waals surface area contributed by atoms with Crippen LogP contribution in [0.4, 0.5) is 26.7 Å². The van der Waals surface area contributed by atoms with Gasteiger partial charge in [-0.1, -0.05) is 60.8 Å². The molecule has 0 radical (unpaired) electrons. The van der Waals surface area contributed by atoms with Crippen molar-refractivity contribution in [3.8, 4) is 17.0 Å². The van der Waals surface area contributed by atoms with E-state index in [1.165, 1.54) is 10.0 Å². The Hall–Kier alpha value is -5.12. The van der Waals surface area contributed by atoms with Crippen LogP contribution in [0.2, 0.25) is 10.0 Å². The molecule has 0 bridgehead atoms. The van der Waals surface area contributed by atoms with Gasteiger partial charge in [-0.25, -0.2) is 24.6 Å². The third kappa shape index (κ3) is 9.47. The molecule has 1 aromatic heterocycles. The number of ether oxygens (including phenoxy) is 1. The zero-order valence-corrected chi connectivity index (χ0v) is 28.2. The van der Waals surface area contributed by atoms with Gasteiger partial charge in [0.25, 0.3) is 0 Å². The summed E-state index contributed by atoms with van der Waals surface area (Å²) in [4.78, 5) is 37.1. The minimum atomic E-state index is -0.548. The van der Waals surface area contributed by atoms with Crippen LogP contribution in [-0.4, -0.2) is 40.2 Å². The lowest BCUT2D eigenvalue weighted by Crippen LogP contribution is -2.54. The van der Waals surface area contributed by atoms with Gasteiger partial charge < -0.3 is 15.4 Å². The van der Waals surface area contributed by atoms with Gasteiger partial charge in [0.15, 0.2) is 0 Å². The molecule has 4 aromatic carbocycles. The van der Waals surface area contributed by atoms with Crippen LogP contribution in [0.25, 0.3) is 11.3 Å². The van der Waals surface area contributed by atoms with Crippen LogP contribution in [0.1, 0.15) is 31.2 Å². The summed E-state index contributed by atoms with van der Waals surface area (Å²) in [6, 6.07) is 29.3. The lowest BCUT2D eigenvalue weighted by molar-refractivity contribution is 0.201. The molecule has 246 valence electrons. The molecule has 0 aliphatic rings. The van der Waals surface area contributed by atoms with Crippen molar-refractivity contribution >= 4 is 52.3 Å². The number of halogens is 2. The maximum Gasteiger partial charge on any atom is 0.345 e. The van der Waals surface area contributed by atoms with Crippen LogP contribution in [0.15, 0.2) is 109 Å². The van der Waals surface area contributed by atoms with Crippen LogP contribution in [0.5, 0.6) is 5.75 Å². The average molecular weight is 684 g/mol. The van der Waals surface area contributed by atoms with Crippen molar-refractivity contribution in [3.05, 3.63) is 131 Å². The Bertz CT molecular complexity index is 1820. The fourth-order valence-electron chi connectivity index (χ4n) is 4.83. The van der Waals surface area contributed by atoms with Gasteiger partial charge >= 0.3 is 12.1 Å². The Morgan fingerprint density at radius 2 is 1.50 bits per heavy atom. The van der Waals surface area contributed by atoms with Gasteiger partial charge in [0.2, 0.25) is 0 Å². The second-order valence-electron chi connectivity index (χ2n) is 10.9. The summed E-state index contributed by atoms with van der Waals surface area (Å²) in [6.45, 7) is 4.66. The van der Waals surface area contributed by atoms with E-state index in [-0.39, 0.29) is 6.54 Å². The zero-order chi connectivity index (χ0) is 33.9. The van der Waals surface area contributed by atoms with Crippen molar-refractivity contribution in [3.63, 3.8) is 0 Å². The molecule has 0 aliphatic carbocycles. The molecule has 0 spiro atoms. The highest BCUT2D eigenvalue weighted by Crippen LogP contribution is 2.26. The molecular formula is C37H36Cl2N6O3. The quantitative estimate of drug-likeness (QED) is 0.107. The van der Waals surface area contributed by atoms with E-state index in [1.54, 1.807) is 72.9 Å². The average Bonchev–Trinajstić information content (AvgIpc) is 3.09. The first kappa shape index (κ1) is 34.2. The van der Waals surface area contributed by atoms with Gasteiger partial charge in [-0.05, 0) is 104 Å². The summed E-state index contributed by atoms with van der Waals surface area (Å²) < 4.78 is 5.86. The molecule has 1 heterocycles. The summed E-state index contributed by atoms with van der Waals surface area (Å²) in [5, 5.41) is 9.75. The first-order chi connectivity index (χ1) is 23.3. The molecule has 0 unspecified atom stereocenters. The van der Waals surface area contributed by atoms with E-state index in [2.05, 4.69) is 27.5 Å². The van der Waals surface area contributed by atoms with Crippen molar-refractivity contribution in [2.45, 2.75) is 33.1 Å². The lowest BCUT2D eigenvalue weighted by atomic mass is 10.1. The van der Waals surface area contributed by atoms with Gasteiger partial charge in [0, 0.05) is 39.7 Å². The van der Waals surface area contributed by atoms with E-state index in [0.29, 0.717) is 51.7 Å². The number of amides is 4. The van der Waals surface area contributed by atoms with Crippen LogP contribution < -0.4 is 20.4 Å². The fourth-order valence-corrected chi connectivity index (χ4v) is 5.09. The van der Waals surface area contributed by atoms with Gasteiger partial charge in [-0.3, -0.25) is 0 Å². The standard InChI is InChI=1S/C37H36Cl2N6O3/c1-3-4-24-48-34-18-16-33(17-19-34)45(37(47)42-31-14-12-30(39)13-15-31)44(23-21-27-8-10-29(38)11-9-27)36(46)43-32-7-5-6-28(25-32)35-20-22-40-26(2)41-35/h5-20,22,25H,3-4,21,23-24H2,1-2H3,(H,42,47)(H,43,46). The van der Waals surface area contributed by atoms with Crippen LogP contribution in [0, 0.1) is 6.92 Å². The van der Waals surface area contributed by atoms with Gasteiger partial charge in [-0.15, -0.1) is 0 Å². The number of anilines is 3. The molecular weight excluding hydrogens is 647 g/mol. The maximum atomic E-state index is 14.3. The van der Waals surface area contributed by atoms with E-state index < -0.39 is 12.1 Å². The number of nitrogens with zero attached hydrogens (tertiary/aromatic N) is 4. The molecule has 9 nitrogen and oxygen atoms in total. The Kier molecular flexibility index (Phi) is 11.9. The fraction of sp³-hybridized carbons (Fsp3) is 0.189. The molecule has 11 heteroatoms. The predicted octanol–water partition coefficient (Wildman–Crippen LogP) is 9.67. The molecule has 4 amide bonds. The molecule has 0 saturated heterocycles. The lowest BCUT2D eigenvalue weighted by Gasteiger charge is -2.35. The number of unbranched alkanes of at least 4 members (excludes halogenated alkanes) is 1. The summed E-state index contributed by atoms with van der Waals surface area (Å²) in [7, 11) is 0. The number of carbonyl (C=O) groups excluding carboxylic acids is 2. The predicted molar refractivity (Wildman–Crippen MR) is 193 cm³/mol. The van der Waals surface area contributed by atoms with Crippen LogP contribution in [-0.2, 0) is 6.42 Å². The number of rotatable bonds is 11. The normalized spacial score (nSPS) is 10.7. The molecule has 0 atom stereocenters. The number of hydrogen-bond acceptors (Lipinski definition) is 5. The molecule has 48 heavy (non-hydrogen) atoms. The van der Waals surface area contributed by atoms with Crippen molar-refractivity contribution in [2.24, 2.45) is 0 Å². The Morgan fingerprint density at radius 1 is 0.812 bits per heavy atom. The highest BCUT2D eigenvalue weighted by atomic mass is 35.5. The second kappa shape index (κ2) is 16.6. The minimum absolute atomic E-state index is 0.154. The van der Waals surface area contributed by atoms with E-state index in [9.17, 15) is 9.59 Å². The number of hydrazine groups is 1. The first-order valence-corrected chi connectivity index (χ1v) is 16.4. The van der Waals surface area contributed by atoms with Crippen LogP contribution >= 0.6 is 23.2 Å². The second-order valence-corrected chi connectivity index (χ2v) is 11.8. The minimum Gasteiger partial charge on any atom is -0.494 e. The zero-order valence-electron chi connectivity index (χ0n) is 26.7. The topological polar surface area (TPSA) is 99.7 Å². The Balaban J connectivity index is 1.49. The Morgan fingerprint density at radius 3 is 2.19 bits per heavy atom. The summed E-state index contributed by atoms with van der Waals surface area (Å²) in [5.74, 6) is 1.30. The first-order valence-electron chi connectivity index (χ1n) is 15.6. The number of nitrogens with one attached hydrogen (secondary N) is 2.